The number of benzene rings is 2. The third kappa shape index (κ3) is 5.16. The third-order valence-corrected chi connectivity index (χ3v) is 8.92. The maximum atomic E-state index is 13.1. The van der Waals surface area contributed by atoms with Crippen molar-refractivity contribution in [1.82, 2.24) is 19.8 Å². The van der Waals surface area contributed by atoms with Crippen molar-refractivity contribution in [1.29, 1.82) is 0 Å². The first-order valence-electron chi connectivity index (χ1n) is 11.1. The van der Waals surface area contributed by atoms with E-state index in [1.807, 2.05) is 38.1 Å². The maximum absolute atomic E-state index is 13.1. The van der Waals surface area contributed by atoms with Crippen LogP contribution in [-0.4, -0.2) is 63.4 Å². The molecule has 10 heteroatoms. The Hall–Kier alpha value is -2.59. The van der Waals surface area contributed by atoms with Crippen molar-refractivity contribution in [3.63, 3.8) is 0 Å². The fourth-order valence-corrected chi connectivity index (χ4v) is 6.80. The molecule has 2 atom stereocenters. The number of carbonyl (C=O) groups excluding carboxylic acids is 1. The predicted octanol–water partition coefficient (Wildman–Crippen LogP) is 2.64. The SMILES string of the molecule is CC[C@@H](C)N(C(=O)CSc1nnc(Cc2cccc3ccccc23)n1N)[C@@H]1CCS(=O)(=O)C1. The smallest absolute Gasteiger partial charge is 0.233 e. The molecule has 4 rings (SSSR count). The van der Waals surface area contributed by atoms with Gasteiger partial charge in [-0.3, -0.25) is 4.79 Å². The van der Waals surface area contributed by atoms with Crippen LogP contribution in [0.3, 0.4) is 0 Å². The minimum atomic E-state index is -3.08. The van der Waals surface area contributed by atoms with Gasteiger partial charge in [0.2, 0.25) is 11.1 Å². The predicted molar refractivity (Wildman–Crippen MR) is 131 cm³/mol. The molecule has 1 saturated heterocycles. The van der Waals surface area contributed by atoms with Crippen molar-refractivity contribution in [3.05, 3.63) is 53.9 Å². The Bertz CT molecular complexity index is 1250. The number of nitrogens with two attached hydrogens (primary N) is 1. The van der Waals surface area contributed by atoms with Gasteiger partial charge in [-0.1, -0.05) is 61.2 Å². The normalized spacial score (nSPS) is 18.4. The van der Waals surface area contributed by atoms with Crippen molar-refractivity contribution in [2.45, 2.75) is 50.4 Å². The van der Waals surface area contributed by atoms with Gasteiger partial charge in [0.15, 0.2) is 15.7 Å². The van der Waals surface area contributed by atoms with Crippen LogP contribution in [0.4, 0.5) is 0 Å². The lowest BCUT2D eigenvalue weighted by atomic mass is 10.0. The maximum Gasteiger partial charge on any atom is 0.233 e. The summed E-state index contributed by atoms with van der Waals surface area (Å²) in [4.78, 5) is 14.8. The Morgan fingerprint density at radius 2 is 2.00 bits per heavy atom. The van der Waals surface area contributed by atoms with Gasteiger partial charge in [-0.25, -0.2) is 13.1 Å². The fraction of sp³-hybridized carbons (Fsp3) is 0.435. The van der Waals surface area contributed by atoms with Gasteiger partial charge in [0.25, 0.3) is 0 Å². The molecule has 0 saturated carbocycles. The number of rotatable bonds is 8. The summed E-state index contributed by atoms with van der Waals surface area (Å²) in [6.07, 6.45) is 1.78. The first-order valence-corrected chi connectivity index (χ1v) is 13.9. The molecule has 1 aliphatic rings. The molecule has 2 N–H and O–H groups in total. The quantitative estimate of drug-likeness (QED) is 0.384. The van der Waals surface area contributed by atoms with Gasteiger partial charge >= 0.3 is 0 Å². The lowest BCUT2D eigenvalue weighted by Gasteiger charge is -2.33. The molecule has 33 heavy (non-hydrogen) atoms. The number of sulfone groups is 1. The summed E-state index contributed by atoms with van der Waals surface area (Å²) in [6.45, 7) is 3.96. The monoisotopic (exact) mass is 487 g/mol. The highest BCUT2D eigenvalue weighted by Gasteiger charge is 2.36. The van der Waals surface area contributed by atoms with Crippen LogP contribution in [0.15, 0.2) is 47.6 Å². The van der Waals surface area contributed by atoms with E-state index in [4.69, 9.17) is 5.84 Å². The summed E-state index contributed by atoms with van der Waals surface area (Å²) in [5.41, 5.74) is 1.10. The molecular weight excluding hydrogens is 458 g/mol. The molecule has 1 aliphatic heterocycles. The van der Waals surface area contributed by atoms with Gasteiger partial charge in [0, 0.05) is 18.5 Å². The summed E-state index contributed by atoms with van der Waals surface area (Å²) in [5, 5.41) is 11.2. The van der Waals surface area contributed by atoms with Gasteiger partial charge in [0.1, 0.15) is 0 Å². The van der Waals surface area contributed by atoms with Crippen molar-refractivity contribution < 1.29 is 13.2 Å². The van der Waals surface area contributed by atoms with Crippen LogP contribution in [0.2, 0.25) is 0 Å². The van der Waals surface area contributed by atoms with Crippen LogP contribution in [0.5, 0.6) is 0 Å². The van der Waals surface area contributed by atoms with E-state index in [1.54, 1.807) is 4.90 Å². The Kier molecular flexibility index (Phi) is 6.94. The summed E-state index contributed by atoms with van der Waals surface area (Å²) in [5.74, 6) is 7.08. The molecular formula is C23H29N5O3S2. The second kappa shape index (κ2) is 9.72. The molecule has 0 aliphatic carbocycles. The van der Waals surface area contributed by atoms with E-state index >= 15 is 0 Å². The zero-order valence-corrected chi connectivity index (χ0v) is 20.5. The first kappa shape index (κ1) is 23.6. The number of thioether (sulfide) groups is 1. The molecule has 0 unspecified atom stereocenters. The number of nitrogen functional groups attached to an aromatic ring is 1. The number of hydrogen-bond acceptors (Lipinski definition) is 7. The van der Waals surface area contributed by atoms with Crippen molar-refractivity contribution in [3.8, 4) is 0 Å². The molecule has 8 nitrogen and oxygen atoms in total. The van der Waals surface area contributed by atoms with Crippen molar-refractivity contribution >= 4 is 38.3 Å². The minimum Gasteiger partial charge on any atom is -0.336 e. The van der Waals surface area contributed by atoms with Gasteiger partial charge < -0.3 is 10.7 Å². The number of aromatic nitrogens is 3. The van der Waals surface area contributed by atoms with Crippen molar-refractivity contribution in [2.24, 2.45) is 0 Å². The van der Waals surface area contributed by atoms with Crippen LogP contribution < -0.4 is 5.84 Å². The number of carbonyl (C=O) groups is 1. The molecule has 2 heterocycles. The van der Waals surface area contributed by atoms with E-state index in [1.165, 1.54) is 16.4 Å². The van der Waals surface area contributed by atoms with E-state index in [-0.39, 0.29) is 35.2 Å². The van der Waals surface area contributed by atoms with Gasteiger partial charge in [0.05, 0.1) is 17.3 Å². The molecule has 0 spiro atoms. The highest BCUT2D eigenvalue weighted by molar-refractivity contribution is 7.99. The summed E-state index contributed by atoms with van der Waals surface area (Å²) in [7, 11) is -3.08. The average molecular weight is 488 g/mol. The molecule has 176 valence electrons. The summed E-state index contributed by atoms with van der Waals surface area (Å²) < 4.78 is 25.4. The van der Waals surface area contributed by atoms with Crippen LogP contribution in [0.25, 0.3) is 10.8 Å². The van der Waals surface area contributed by atoms with E-state index in [2.05, 4.69) is 28.4 Å². The standard InChI is InChI=1S/C23H29N5O3S2/c1-3-16(2)27(19-11-12-33(30,31)15-19)22(29)14-32-23-26-25-21(28(23)24)13-18-9-6-8-17-7-4-5-10-20(17)18/h4-10,16,19H,3,11-15,24H2,1-2H3/t16-,19-/m1/s1. The van der Waals surface area contributed by atoms with Gasteiger partial charge in [-0.15, -0.1) is 10.2 Å². The lowest BCUT2D eigenvalue weighted by molar-refractivity contribution is -0.132. The van der Waals surface area contributed by atoms with Crippen LogP contribution >= 0.6 is 11.8 Å². The zero-order chi connectivity index (χ0) is 23.6. The summed E-state index contributed by atoms with van der Waals surface area (Å²) >= 11 is 1.23. The largest absolute Gasteiger partial charge is 0.336 e. The zero-order valence-electron chi connectivity index (χ0n) is 18.8. The van der Waals surface area contributed by atoms with Crippen molar-refractivity contribution in [2.75, 3.05) is 23.1 Å². The Balaban J connectivity index is 1.46. The van der Waals surface area contributed by atoms with Gasteiger partial charge in [-0.05, 0) is 36.1 Å². The van der Waals surface area contributed by atoms with Crippen LogP contribution in [-0.2, 0) is 21.1 Å². The highest BCUT2D eigenvalue weighted by Crippen LogP contribution is 2.25. The molecule has 1 amide bonds. The average Bonchev–Trinajstić information content (AvgIpc) is 3.33. The fourth-order valence-electron chi connectivity index (χ4n) is 4.34. The van der Waals surface area contributed by atoms with Gasteiger partial charge in [-0.2, -0.15) is 0 Å². The number of nitrogens with zero attached hydrogens (tertiary/aromatic N) is 4. The highest BCUT2D eigenvalue weighted by atomic mass is 32.2. The molecule has 3 aromatic rings. The summed E-state index contributed by atoms with van der Waals surface area (Å²) in [6, 6.07) is 14.0. The first-order chi connectivity index (χ1) is 15.8. The van der Waals surface area contributed by atoms with E-state index < -0.39 is 9.84 Å². The Labute approximate surface area is 198 Å². The van der Waals surface area contributed by atoms with E-state index in [0.29, 0.717) is 23.8 Å². The topological polar surface area (TPSA) is 111 Å². The second-order valence-corrected chi connectivity index (χ2v) is 11.7. The van der Waals surface area contributed by atoms with E-state index in [9.17, 15) is 13.2 Å². The molecule has 1 fully saturated rings. The Morgan fingerprint density at radius 3 is 2.73 bits per heavy atom. The van der Waals surface area contributed by atoms with E-state index in [0.717, 1.165) is 22.8 Å². The lowest BCUT2D eigenvalue weighted by Crippen LogP contribution is -2.47. The third-order valence-electron chi connectivity index (χ3n) is 6.24. The van der Waals surface area contributed by atoms with Crippen LogP contribution in [0.1, 0.15) is 38.1 Å². The molecule has 0 bridgehead atoms. The Morgan fingerprint density at radius 1 is 1.24 bits per heavy atom. The molecule has 2 aromatic carbocycles. The molecule has 0 radical (unpaired) electrons. The number of fused-ring (bicyclic) bond motifs is 1. The molecule has 1 aromatic heterocycles. The number of amides is 1. The number of hydrogen-bond donors (Lipinski definition) is 1. The van der Waals surface area contributed by atoms with Crippen LogP contribution in [0, 0.1) is 0 Å². The minimum absolute atomic E-state index is 0.0333. The second-order valence-electron chi connectivity index (χ2n) is 8.49.